The summed E-state index contributed by atoms with van der Waals surface area (Å²) in [4.78, 5) is 51.2. The molecule has 11 heteroatoms. The minimum Gasteiger partial charge on any atom is -0.481 e. The maximum Gasteiger partial charge on any atom is 0.414 e. The predicted molar refractivity (Wildman–Crippen MR) is 71.0 cm³/mol. The first-order chi connectivity index (χ1) is 10.6. The van der Waals surface area contributed by atoms with Crippen LogP contribution in [0.1, 0.15) is 23.3 Å². The van der Waals surface area contributed by atoms with Crippen molar-refractivity contribution in [2.24, 2.45) is 0 Å². The molecule has 0 unspecified atom stereocenters. The zero-order valence-corrected chi connectivity index (χ0v) is 11.4. The minimum absolute atomic E-state index is 0.0810. The van der Waals surface area contributed by atoms with Crippen LogP contribution in [0.25, 0.3) is 0 Å². The number of hydrogen-bond donors (Lipinski definition) is 5. The van der Waals surface area contributed by atoms with E-state index in [1.807, 2.05) is 0 Å². The highest BCUT2D eigenvalue weighted by atomic mass is 16.4. The third kappa shape index (κ3) is 16.4. The second-order valence-electron chi connectivity index (χ2n) is 3.42. The molecule has 1 aromatic heterocycles. The number of carbonyl (C=O) groups is 5. The third-order valence-electron chi connectivity index (χ3n) is 1.62. The number of hydrogen-bond acceptors (Lipinski definition) is 6. The minimum atomic E-state index is -1.82. The van der Waals surface area contributed by atoms with Gasteiger partial charge in [0.15, 0.2) is 0 Å². The first-order valence-corrected chi connectivity index (χ1v) is 5.62. The lowest BCUT2D eigenvalue weighted by atomic mass is 10.3. The number of carboxylic acids is 5. The molecule has 0 aliphatic rings. The van der Waals surface area contributed by atoms with E-state index in [1.54, 1.807) is 12.1 Å². The van der Waals surface area contributed by atoms with Gasteiger partial charge in [0.1, 0.15) is 5.69 Å². The molecule has 1 rings (SSSR count). The Morgan fingerprint density at radius 1 is 0.783 bits per heavy atom. The largest absolute Gasteiger partial charge is 0.481 e. The van der Waals surface area contributed by atoms with Gasteiger partial charge in [0.05, 0.1) is 12.8 Å². The van der Waals surface area contributed by atoms with Gasteiger partial charge in [0, 0.05) is 6.20 Å². The molecule has 0 saturated carbocycles. The summed E-state index contributed by atoms with van der Waals surface area (Å²) in [6.45, 7) is 0. The summed E-state index contributed by atoms with van der Waals surface area (Å²) in [7, 11) is 0. The Morgan fingerprint density at radius 3 is 1.39 bits per heavy atom. The second-order valence-corrected chi connectivity index (χ2v) is 3.42. The lowest BCUT2D eigenvalue weighted by Crippen LogP contribution is -2.09. The molecule has 0 amide bonds. The summed E-state index contributed by atoms with van der Waals surface area (Å²) >= 11 is 0. The third-order valence-corrected chi connectivity index (χ3v) is 1.62. The Labute approximate surface area is 128 Å². The van der Waals surface area contributed by atoms with Crippen LogP contribution in [0.3, 0.4) is 0 Å². The molecule has 0 fully saturated rings. The standard InChI is InChI=1S/C6H5NO2.C4H6O4.C2H2O4/c8-6(9)5-3-1-2-4-7-5;5-3(6)1-2-4(7)8;3-1(4)2(5)6/h1-4H,(H,8,9);1-2H2,(H,5,6)(H,7,8);(H,3,4)(H,5,6). The van der Waals surface area contributed by atoms with Crippen LogP contribution < -0.4 is 0 Å². The van der Waals surface area contributed by atoms with Crippen LogP contribution in [0.15, 0.2) is 24.4 Å². The van der Waals surface area contributed by atoms with Gasteiger partial charge in [-0.05, 0) is 12.1 Å². The predicted octanol–water partition coefficient (Wildman–Crippen LogP) is -0.129. The van der Waals surface area contributed by atoms with E-state index in [1.165, 1.54) is 12.3 Å². The number of rotatable bonds is 4. The molecule has 0 aliphatic heterocycles. The molecule has 5 N–H and O–H groups in total. The molecule has 11 nitrogen and oxygen atoms in total. The molecule has 0 saturated heterocycles. The van der Waals surface area contributed by atoms with Crippen molar-refractivity contribution in [1.29, 1.82) is 0 Å². The summed E-state index contributed by atoms with van der Waals surface area (Å²) in [5.74, 6) is -6.79. The van der Waals surface area contributed by atoms with Crippen LogP contribution in [0, 0.1) is 0 Å². The Hall–Kier alpha value is -3.50. The number of aromatic carboxylic acids is 1. The molecule has 0 spiro atoms. The molecule has 126 valence electrons. The summed E-state index contributed by atoms with van der Waals surface area (Å²) in [5, 5.41) is 38.9. The van der Waals surface area contributed by atoms with Gasteiger partial charge >= 0.3 is 29.8 Å². The van der Waals surface area contributed by atoms with E-state index in [4.69, 9.17) is 35.1 Å². The Morgan fingerprint density at radius 2 is 1.22 bits per heavy atom. The van der Waals surface area contributed by atoms with Crippen molar-refractivity contribution in [1.82, 2.24) is 4.98 Å². The average Bonchev–Trinajstić information content (AvgIpc) is 2.47. The highest BCUT2D eigenvalue weighted by Crippen LogP contribution is 1.90. The van der Waals surface area contributed by atoms with Crippen LogP contribution in [0.2, 0.25) is 0 Å². The first kappa shape index (κ1) is 21.8. The van der Waals surface area contributed by atoms with E-state index in [-0.39, 0.29) is 18.5 Å². The first-order valence-electron chi connectivity index (χ1n) is 5.62. The van der Waals surface area contributed by atoms with Crippen LogP contribution in [-0.4, -0.2) is 60.4 Å². The number of nitrogens with zero attached hydrogens (tertiary/aromatic N) is 1. The molecule has 1 aromatic rings. The van der Waals surface area contributed by atoms with Crippen molar-refractivity contribution in [3.8, 4) is 0 Å². The molecule has 0 atom stereocenters. The lowest BCUT2D eigenvalue weighted by Gasteiger charge is -1.87. The molecule has 0 bridgehead atoms. The summed E-state index contributed by atoms with van der Waals surface area (Å²) in [6.07, 6.45) is 0.855. The van der Waals surface area contributed by atoms with Crippen molar-refractivity contribution in [3.05, 3.63) is 30.1 Å². The maximum atomic E-state index is 10.1. The fourth-order valence-corrected chi connectivity index (χ4v) is 0.703. The van der Waals surface area contributed by atoms with Gasteiger partial charge in [-0.1, -0.05) is 6.07 Å². The molecule has 0 aliphatic carbocycles. The van der Waals surface area contributed by atoms with E-state index in [0.717, 1.165) is 0 Å². The summed E-state index contributed by atoms with van der Waals surface area (Å²) in [5.41, 5.74) is 0.0810. The SMILES string of the molecule is O=C(O)C(=O)O.O=C(O)CCC(=O)O.O=C(O)c1ccccn1. The average molecular weight is 331 g/mol. The number of carboxylic acid groups (broad SMARTS) is 5. The van der Waals surface area contributed by atoms with E-state index in [9.17, 15) is 14.4 Å². The van der Waals surface area contributed by atoms with Crippen LogP contribution in [0.4, 0.5) is 0 Å². The molecule has 23 heavy (non-hydrogen) atoms. The van der Waals surface area contributed by atoms with Crippen molar-refractivity contribution in [2.75, 3.05) is 0 Å². The van der Waals surface area contributed by atoms with Gasteiger partial charge in [0.25, 0.3) is 0 Å². The van der Waals surface area contributed by atoms with Crippen molar-refractivity contribution >= 4 is 29.8 Å². The van der Waals surface area contributed by atoms with E-state index >= 15 is 0 Å². The molecular formula is C12H13NO10. The van der Waals surface area contributed by atoms with Crippen molar-refractivity contribution in [3.63, 3.8) is 0 Å². The molecule has 0 radical (unpaired) electrons. The zero-order chi connectivity index (χ0) is 18.4. The van der Waals surface area contributed by atoms with E-state index < -0.39 is 29.8 Å². The number of pyridine rings is 1. The quantitative estimate of drug-likeness (QED) is 0.460. The van der Waals surface area contributed by atoms with Gasteiger partial charge in [-0.2, -0.15) is 0 Å². The highest BCUT2D eigenvalue weighted by Gasteiger charge is 2.04. The zero-order valence-electron chi connectivity index (χ0n) is 11.4. The lowest BCUT2D eigenvalue weighted by molar-refractivity contribution is -0.159. The Kier molecular flexibility index (Phi) is 11.6. The van der Waals surface area contributed by atoms with E-state index in [0.29, 0.717) is 0 Å². The summed E-state index contributed by atoms with van der Waals surface area (Å²) in [6, 6.07) is 4.76. The summed E-state index contributed by atoms with van der Waals surface area (Å²) < 4.78 is 0. The van der Waals surface area contributed by atoms with Gasteiger partial charge in [-0.3, -0.25) is 9.59 Å². The second kappa shape index (κ2) is 12.3. The fourth-order valence-electron chi connectivity index (χ4n) is 0.703. The van der Waals surface area contributed by atoms with Crippen molar-refractivity contribution < 1.29 is 49.5 Å². The number of aromatic nitrogens is 1. The highest BCUT2D eigenvalue weighted by molar-refractivity contribution is 6.27. The van der Waals surface area contributed by atoms with Gasteiger partial charge in [-0.25, -0.2) is 19.4 Å². The normalized spacial score (nSPS) is 8.35. The van der Waals surface area contributed by atoms with Gasteiger partial charge < -0.3 is 25.5 Å². The van der Waals surface area contributed by atoms with Crippen LogP contribution in [-0.2, 0) is 19.2 Å². The van der Waals surface area contributed by atoms with Gasteiger partial charge in [0.2, 0.25) is 0 Å². The Bertz CT molecular complexity index is 528. The molecular weight excluding hydrogens is 318 g/mol. The molecule has 0 aromatic carbocycles. The van der Waals surface area contributed by atoms with Crippen LogP contribution >= 0.6 is 0 Å². The van der Waals surface area contributed by atoms with E-state index in [2.05, 4.69) is 4.98 Å². The monoisotopic (exact) mass is 331 g/mol. The topological polar surface area (TPSA) is 199 Å². The van der Waals surface area contributed by atoms with Gasteiger partial charge in [-0.15, -0.1) is 0 Å². The maximum absolute atomic E-state index is 10.1. The number of aliphatic carboxylic acids is 4. The Balaban J connectivity index is 0. The fraction of sp³-hybridized carbons (Fsp3) is 0.167. The van der Waals surface area contributed by atoms with Crippen LogP contribution in [0.5, 0.6) is 0 Å². The molecule has 1 heterocycles. The smallest absolute Gasteiger partial charge is 0.414 e. The van der Waals surface area contributed by atoms with Crippen molar-refractivity contribution in [2.45, 2.75) is 12.8 Å².